The van der Waals surface area contributed by atoms with Gasteiger partial charge in [0.1, 0.15) is 34.5 Å². The van der Waals surface area contributed by atoms with Crippen LogP contribution in [0.15, 0.2) is 28.8 Å². The zero-order valence-electron chi connectivity index (χ0n) is 16.8. The Bertz CT molecular complexity index is 1040. The third-order valence-corrected chi connectivity index (χ3v) is 7.08. The molecule has 2 saturated heterocycles. The van der Waals surface area contributed by atoms with Crippen LogP contribution in [-0.4, -0.2) is 84.7 Å². The van der Waals surface area contributed by atoms with Crippen LogP contribution in [-0.2, 0) is 9.59 Å². The van der Waals surface area contributed by atoms with Crippen molar-refractivity contribution >= 4 is 70.7 Å². The maximum atomic E-state index is 13.0. The Balaban J connectivity index is 0.00000256. The van der Waals surface area contributed by atoms with E-state index in [0.717, 1.165) is 0 Å². The third kappa shape index (κ3) is 3.56. The maximum absolute atomic E-state index is 13.0. The summed E-state index contributed by atoms with van der Waals surface area (Å²) in [5.41, 5.74) is 1.03. The first-order valence-corrected chi connectivity index (χ1v) is 10.1. The smallest absolute Gasteiger partial charge is 0.327 e. The van der Waals surface area contributed by atoms with Crippen LogP contribution in [0.3, 0.4) is 0 Å². The first-order valence-electron chi connectivity index (χ1n) is 8.88. The third-order valence-electron chi connectivity index (χ3n) is 5.18. The van der Waals surface area contributed by atoms with Gasteiger partial charge in [0.05, 0.1) is 5.02 Å². The van der Waals surface area contributed by atoms with Gasteiger partial charge in [-0.25, -0.2) is 4.79 Å². The Morgan fingerprint density at radius 2 is 2.00 bits per heavy atom. The van der Waals surface area contributed by atoms with Gasteiger partial charge in [0.25, 0.3) is 5.91 Å². The molecule has 2 aromatic rings. The van der Waals surface area contributed by atoms with Crippen LogP contribution in [0.1, 0.15) is 30.0 Å². The summed E-state index contributed by atoms with van der Waals surface area (Å²) in [4.78, 5) is 38.6. The average molecular weight is 459 g/mol. The number of hydrogen-bond donors (Lipinski definition) is 2. The monoisotopic (exact) mass is 458 g/mol. The van der Waals surface area contributed by atoms with Gasteiger partial charge in [-0.3, -0.25) is 9.59 Å². The van der Waals surface area contributed by atoms with Crippen molar-refractivity contribution in [2.75, 3.05) is 0 Å². The molecule has 0 spiro atoms. The second-order valence-corrected chi connectivity index (χ2v) is 9.67. The molecular formula is C19H18ClN3NaO5S. The molecule has 2 fully saturated rings. The zero-order chi connectivity index (χ0) is 21.1. The van der Waals surface area contributed by atoms with Crippen molar-refractivity contribution in [2.45, 2.75) is 43.0 Å². The largest absolute Gasteiger partial charge is 0.480 e. The van der Waals surface area contributed by atoms with Gasteiger partial charge >= 0.3 is 5.97 Å². The Morgan fingerprint density at radius 3 is 2.63 bits per heavy atom. The van der Waals surface area contributed by atoms with Gasteiger partial charge < -0.3 is 19.8 Å². The molecule has 1 radical (unpaired) electrons. The number of rotatable bonds is 4. The number of β-lactam (4-membered cyclic amide) rings is 1. The van der Waals surface area contributed by atoms with Gasteiger partial charge in [-0.1, -0.05) is 35.0 Å². The normalized spacial score (nSPS) is 23.9. The summed E-state index contributed by atoms with van der Waals surface area (Å²) in [7, 11) is 0. The van der Waals surface area contributed by atoms with Gasteiger partial charge in [-0.15, -0.1) is 11.8 Å². The predicted octanol–water partition coefficient (Wildman–Crippen LogP) is 2.17. The van der Waals surface area contributed by atoms with E-state index in [4.69, 9.17) is 16.1 Å². The molecule has 2 amide bonds. The van der Waals surface area contributed by atoms with Crippen molar-refractivity contribution in [3.63, 3.8) is 0 Å². The number of carbonyl (C=O) groups is 3. The van der Waals surface area contributed by atoms with Crippen molar-refractivity contribution < 1.29 is 24.0 Å². The first kappa shape index (κ1) is 23.1. The molecule has 0 aliphatic carbocycles. The minimum atomic E-state index is -1.06. The number of thioether (sulfide) groups is 1. The predicted molar refractivity (Wildman–Crippen MR) is 112 cm³/mol. The van der Waals surface area contributed by atoms with Crippen LogP contribution in [0.5, 0.6) is 0 Å². The molecule has 0 bridgehead atoms. The fraction of sp³-hybridized carbons (Fsp3) is 0.368. The summed E-state index contributed by atoms with van der Waals surface area (Å²) < 4.78 is 4.54. The fourth-order valence-electron chi connectivity index (χ4n) is 3.84. The van der Waals surface area contributed by atoms with E-state index in [1.165, 1.54) is 16.7 Å². The van der Waals surface area contributed by atoms with Crippen LogP contribution in [0.4, 0.5) is 0 Å². The SMILES string of the molecule is Cc1onc(-c2ccccc2Cl)c1C(=O)N[C@@H]1C(=O)N2[C@@H]1SC(C)(C)[C@@H]2C(=O)O.[Na]. The molecule has 2 aliphatic heterocycles. The van der Waals surface area contributed by atoms with Crippen molar-refractivity contribution in [1.29, 1.82) is 0 Å². The van der Waals surface area contributed by atoms with E-state index in [1.807, 2.05) is 0 Å². The van der Waals surface area contributed by atoms with Crippen molar-refractivity contribution in [1.82, 2.24) is 15.4 Å². The number of fused-ring (bicyclic) bond motifs is 1. The van der Waals surface area contributed by atoms with E-state index in [9.17, 15) is 19.5 Å². The molecule has 4 rings (SSSR count). The number of aromatic nitrogens is 1. The molecule has 30 heavy (non-hydrogen) atoms. The van der Waals surface area contributed by atoms with Crippen molar-refractivity contribution in [3.05, 3.63) is 40.6 Å². The summed E-state index contributed by atoms with van der Waals surface area (Å²) in [6.07, 6.45) is 0. The van der Waals surface area contributed by atoms with Crippen LogP contribution in [0, 0.1) is 6.92 Å². The molecule has 3 heterocycles. The summed E-state index contributed by atoms with van der Waals surface area (Å²) in [5.74, 6) is -1.70. The molecule has 153 valence electrons. The number of carbonyl (C=O) groups excluding carboxylic acids is 2. The number of carboxylic acid groups (broad SMARTS) is 1. The number of aryl methyl sites for hydroxylation is 1. The van der Waals surface area contributed by atoms with E-state index in [2.05, 4.69) is 10.5 Å². The Morgan fingerprint density at radius 1 is 1.33 bits per heavy atom. The van der Waals surface area contributed by atoms with Crippen LogP contribution >= 0.6 is 23.4 Å². The molecule has 0 saturated carbocycles. The topological polar surface area (TPSA) is 113 Å². The van der Waals surface area contributed by atoms with Crippen LogP contribution < -0.4 is 5.32 Å². The number of nitrogens with zero attached hydrogens (tertiary/aromatic N) is 2. The van der Waals surface area contributed by atoms with Crippen molar-refractivity contribution in [2.24, 2.45) is 0 Å². The molecule has 2 N–H and O–H groups in total. The molecule has 8 nitrogen and oxygen atoms in total. The quantitative estimate of drug-likeness (QED) is 0.533. The molecule has 11 heteroatoms. The number of halogens is 1. The minimum Gasteiger partial charge on any atom is -0.480 e. The van der Waals surface area contributed by atoms with Crippen LogP contribution in [0.25, 0.3) is 11.3 Å². The number of amides is 2. The number of hydrogen-bond acceptors (Lipinski definition) is 6. The van der Waals surface area contributed by atoms with E-state index in [0.29, 0.717) is 16.3 Å². The molecule has 2 aliphatic rings. The number of aliphatic carboxylic acids is 1. The number of nitrogens with one attached hydrogen (secondary N) is 1. The molecule has 3 atom stereocenters. The fourth-order valence-corrected chi connectivity index (χ4v) is 5.69. The molecule has 1 aromatic carbocycles. The van der Waals surface area contributed by atoms with Gasteiger partial charge in [-0.05, 0) is 26.8 Å². The molecule has 1 aromatic heterocycles. The first-order chi connectivity index (χ1) is 13.6. The second-order valence-electron chi connectivity index (χ2n) is 7.49. The van der Waals surface area contributed by atoms with Gasteiger partial charge in [0.2, 0.25) is 5.91 Å². The Labute approximate surface area is 204 Å². The zero-order valence-corrected chi connectivity index (χ0v) is 20.4. The van der Waals surface area contributed by atoms with E-state index >= 15 is 0 Å². The summed E-state index contributed by atoms with van der Waals surface area (Å²) in [6, 6.07) is 5.18. The van der Waals surface area contributed by atoms with E-state index in [1.54, 1.807) is 45.0 Å². The maximum Gasteiger partial charge on any atom is 0.327 e. The standard InChI is InChI=1S/C19H18ClN3O5S.Na/c1-8-11(12(22-28-8)9-6-4-5-7-10(9)20)15(24)21-13-16(25)23-14(18(26)27)19(2,3)29-17(13)23;/h4-7,13-14,17H,1-3H3,(H,21,24)(H,26,27);/t13-,14+,17-;/m1./s1. The summed E-state index contributed by atoms with van der Waals surface area (Å²) in [6.45, 7) is 5.16. The second kappa shape index (κ2) is 8.20. The van der Waals surface area contributed by atoms with E-state index in [-0.39, 0.29) is 40.8 Å². The number of carboxylic acids is 1. The van der Waals surface area contributed by atoms with Crippen molar-refractivity contribution in [3.8, 4) is 11.3 Å². The van der Waals surface area contributed by atoms with Gasteiger partial charge in [-0.2, -0.15) is 0 Å². The van der Waals surface area contributed by atoms with Gasteiger partial charge in [0.15, 0.2) is 0 Å². The van der Waals surface area contributed by atoms with E-state index < -0.39 is 40.0 Å². The summed E-state index contributed by atoms with van der Waals surface area (Å²) in [5, 5.41) is 16.2. The Kier molecular flexibility index (Phi) is 6.33. The minimum absolute atomic E-state index is 0. The molecule has 0 unspecified atom stereocenters. The molecular weight excluding hydrogens is 441 g/mol. The van der Waals surface area contributed by atoms with Gasteiger partial charge in [0, 0.05) is 39.9 Å². The number of benzene rings is 1. The summed E-state index contributed by atoms with van der Waals surface area (Å²) >= 11 is 7.59. The average Bonchev–Trinajstić information content (AvgIpc) is 3.15. The Hall–Kier alpha value is -1.52. The van der Waals surface area contributed by atoms with Crippen LogP contribution in [0.2, 0.25) is 5.02 Å².